The van der Waals surface area contributed by atoms with Gasteiger partial charge in [-0.15, -0.1) is 0 Å². The average molecular weight is 328 g/mol. The Labute approximate surface area is 135 Å². The van der Waals surface area contributed by atoms with Gasteiger partial charge in [0.25, 0.3) is 0 Å². The third-order valence-corrected chi connectivity index (χ3v) is 3.96. The molecule has 0 aliphatic rings. The van der Waals surface area contributed by atoms with Crippen LogP contribution in [-0.2, 0) is 6.54 Å². The summed E-state index contributed by atoms with van der Waals surface area (Å²) >= 11 is 6.04. The lowest BCUT2D eigenvalue weighted by molar-refractivity contribution is 0.631. The summed E-state index contributed by atoms with van der Waals surface area (Å²) in [5.74, 6) is -0.394. The van der Waals surface area contributed by atoms with E-state index in [4.69, 9.17) is 11.6 Å². The fourth-order valence-electron chi connectivity index (χ4n) is 2.53. The normalized spacial score (nSPS) is 11.2. The van der Waals surface area contributed by atoms with Crippen LogP contribution in [0.25, 0.3) is 16.4 Å². The zero-order valence-electron chi connectivity index (χ0n) is 11.9. The van der Waals surface area contributed by atoms with Gasteiger partial charge in [-0.05, 0) is 18.2 Å². The zero-order chi connectivity index (χ0) is 15.8. The van der Waals surface area contributed by atoms with Gasteiger partial charge in [-0.1, -0.05) is 11.6 Å². The van der Waals surface area contributed by atoms with Gasteiger partial charge in [0.05, 0.1) is 29.0 Å². The van der Waals surface area contributed by atoms with Crippen molar-refractivity contribution in [3.05, 3.63) is 65.8 Å². The quantitative estimate of drug-likeness (QED) is 0.583. The predicted molar refractivity (Wildman–Crippen MR) is 87.0 cm³/mol. The van der Waals surface area contributed by atoms with Gasteiger partial charge in [0.2, 0.25) is 0 Å². The van der Waals surface area contributed by atoms with Gasteiger partial charge < -0.3 is 9.72 Å². The number of hydrogen-bond acceptors (Lipinski definition) is 4. The van der Waals surface area contributed by atoms with Crippen molar-refractivity contribution in [2.45, 2.75) is 6.54 Å². The van der Waals surface area contributed by atoms with Gasteiger partial charge >= 0.3 is 0 Å². The van der Waals surface area contributed by atoms with E-state index in [-0.39, 0.29) is 0 Å². The van der Waals surface area contributed by atoms with Crippen molar-refractivity contribution in [3.63, 3.8) is 0 Å². The lowest BCUT2D eigenvalue weighted by Gasteiger charge is -2.10. The second-order valence-corrected chi connectivity index (χ2v) is 5.40. The van der Waals surface area contributed by atoms with Gasteiger partial charge in [0.15, 0.2) is 0 Å². The Kier molecular flexibility index (Phi) is 3.31. The topological polar surface area (TPSA) is 55.1 Å². The van der Waals surface area contributed by atoms with Crippen LogP contribution in [0.15, 0.2) is 49.2 Å². The summed E-state index contributed by atoms with van der Waals surface area (Å²) in [6.45, 7) is 0.391. The molecule has 0 atom stereocenters. The summed E-state index contributed by atoms with van der Waals surface area (Å²) in [5.41, 5.74) is 2.61. The maximum Gasteiger partial charge on any atom is 0.148 e. The molecule has 4 aromatic rings. The molecular weight excluding hydrogens is 317 g/mol. The first-order valence-electron chi connectivity index (χ1n) is 6.96. The lowest BCUT2D eigenvalue weighted by Crippen LogP contribution is -2.05. The largest absolute Gasteiger partial charge is 0.377 e. The number of rotatable bonds is 3. The minimum atomic E-state index is -0.394. The first-order chi connectivity index (χ1) is 11.2. The number of anilines is 1. The highest BCUT2D eigenvalue weighted by molar-refractivity contribution is 6.34. The molecule has 5 nitrogen and oxygen atoms in total. The highest BCUT2D eigenvalue weighted by Gasteiger charge is 2.10. The molecule has 0 bridgehead atoms. The van der Waals surface area contributed by atoms with Crippen molar-refractivity contribution in [3.8, 4) is 0 Å². The van der Waals surface area contributed by atoms with Gasteiger partial charge in [0.1, 0.15) is 17.3 Å². The molecule has 0 aliphatic carbocycles. The molecule has 3 heterocycles. The summed E-state index contributed by atoms with van der Waals surface area (Å²) in [7, 11) is 0. The Morgan fingerprint density at radius 1 is 1.17 bits per heavy atom. The Morgan fingerprint density at radius 3 is 3.00 bits per heavy atom. The molecule has 0 amide bonds. The summed E-state index contributed by atoms with van der Waals surface area (Å²) < 4.78 is 16.2. The standard InChI is InChI=1S/C16H11ClFN5/c17-16-10-6-13(11(18)7-12(10)21-9-22-16)20-8-14-15-2-1-4-23(15)5-3-19-14/h1-7,9,20H,8H2. The second-order valence-electron chi connectivity index (χ2n) is 5.04. The number of hydrogen-bond donors (Lipinski definition) is 1. The lowest BCUT2D eigenvalue weighted by atomic mass is 10.2. The van der Waals surface area contributed by atoms with Crippen LogP contribution in [0.3, 0.4) is 0 Å². The van der Waals surface area contributed by atoms with E-state index in [0.717, 1.165) is 11.2 Å². The maximum absolute atomic E-state index is 14.2. The van der Waals surface area contributed by atoms with E-state index >= 15 is 0 Å². The van der Waals surface area contributed by atoms with Crippen LogP contribution in [0.1, 0.15) is 5.69 Å². The van der Waals surface area contributed by atoms with Crippen LogP contribution in [0.4, 0.5) is 10.1 Å². The van der Waals surface area contributed by atoms with E-state index in [1.807, 2.05) is 28.9 Å². The van der Waals surface area contributed by atoms with Crippen LogP contribution in [0.5, 0.6) is 0 Å². The number of nitrogens with zero attached hydrogens (tertiary/aromatic N) is 4. The van der Waals surface area contributed by atoms with Crippen LogP contribution in [-0.4, -0.2) is 19.4 Å². The summed E-state index contributed by atoms with van der Waals surface area (Å²) in [5, 5.41) is 3.97. The van der Waals surface area contributed by atoms with Crippen molar-refractivity contribution in [2.24, 2.45) is 0 Å². The Morgan fingerprint density at radius 2 is 2.09 bits per heavy atom. The van der Waals surface area contributed by atoms with Gasteiger partial charge in [-0.2, -0.15) is 0 Å². The molecule has 23 heavy (non-hydrogen) atoms. The van der Waals surface area contributed by atoms with Gasteiger partial charge in [0, 0.05) is 30.0 Å². The Balaban J connectivity index is 1.69. The van der Waals surface area contributed by atoms with E-state index in [0.29, 0.717) is 28.3 Å². The van der Waals surface area contributed by atoms with Crippen LogP contribution in [0.2, 0.25) is 5.15 Å². The third-order valence-electron chi connectivity index (χ3n) is 3.65. The minimum Gasteiger partial charge on any atom is -0.377 e. The van der Waals surface area contributed by atoms with Crippen molar-refractivity contribution in [1.82, 2.24) is 19.4 Å². The molecule has 0 unspecified atom stereocenters. The molecule has 4 rings (SSSR count). The number of nitrogens with one attached hydrogen (secondary N) is 1. The highest BCUT2D eigenvalue weighted by atomic mass is 35.5. The fraction of sp³-hybridized carbons (Fsp3) is 0.0625. The molecule has 1 N–H and O–H groups in total. The second kappa shape index (κ2) is 5.48. The first kappa shape index (κ1) is 13.9. The molecule has 114 valence electrons. The molecule has 0 saturated heterocycles. The molecule has 3 aromatic heterocycles. The summed E-state index contributed by atoms with van der Waals surface area (Å²) in [6.07, 6.45) is 6.83. The molecule has 0 spiro atoms. The van der Waals surface area contributed by atoms with Crippen LogP contribution >= 0.6 is 11.6 Å². The Bertz CT molecular complexity index is 1010. The van der Waals surface area contributed by atoms with E-state index < -0.39 is 5.82 Å². The molecule has 0 aliphatic heterocycles. The smallest absolute Gasteiger partial charge is 0.148 e. The van der Waals surface area contributed by atoms with Crippen LogP contribution in [0, 0.1) is 5.82 Å². The van der Waals surface area contributed by atoms with Crippen LogP contribution < -0.4 is 5.32 Å². The summed E-state index contributed by atoms with van der Waals surface area (Å²) in [6, 6.07) is 6.86. The van der Waals surface area contributed by atoms with Gasteiger partial charge in [-0.25, -0.2) is 14.4 Å². The minimum absolute atomic E-state index is 0.296. The average Bonchev–Trinajstić information content (AvgIpc) is 3.02. The van der Waals surface area contributed by atoms with Crippen molar-refractivity contribution in [2.75, 3.05) is 5.32 Å². The Hall–Kier alpha value is -2.73. The number of fused-ring (bicyclic) bond motifs is 2. The third kappa shape index (κ3) is 2.47. The zero-order valence-corrected chi connectivity index (χ0v) is 12.6. The van der Waals surface area contributed by atoms with E-state index in [1.54, 1.807) is 12.3 Å². The van der Waals surface area contributed by atoms with Crippen molar-refractivity contribution in [1.29, 1.82) is 0 Å². The molecule has 1 aromatic carbocycles. The molecule has 0 radical (unpaired) electrons. The van der Waals surface area contributed by atoms with Gasteiger partial charge in [-0.3, -0.25) is 4.98 Å². The monoisotopic (exact) mass is 327 g/mol. The molecule has 0 fully saturated rings. The number of halogens is 2. The van der Waals surface area contributed by atoms with Crippen molar-refractivity contribution >= 4 is 33.7 Å². The van der Waals surface area contributed by atoms with E-state index in [2.05, 4.69) is 20.3 Å². The fourth-order valence-corrected chi connectivity index (χ4v) is 2.72. The maximum atomic E-state index is 14.2. The van der Waals surface area contributed by atoms with Crippen molar-refractivity contribution < 1.29 is 4.39 Å². The molecule has 0 saturated carbocycles. The molecular formula is C16H11ClFN5. The van der Waals surface area contributed by atoms with E-state index in [9.17, 15) is 4.39 Å². The van der Waals surface area contributed by atoms with E-state index in [1.165, 1.54) is 12.4 Å². The highest BCUT2D eigenvalue weighted by Crippen LogP contribution is 2.26. The number of aromatic nitrogens is 4. The molecule has 7 heteroatoms. The number of benzene rings is 1. The first-order valence-corrected chi connectivity index (χ1v) is 7.34. The SMILES string of the molecule is Fc1cc2ncnc(Cl)c2cc1NCc1nccn2cccc12. The predicted octanol–water partition coefficient (Wildman–Crippen LogP) is 3.68. The summed E-state index contributed by atoms with van der Waals surface area (Å²) in [4.78, 5) is 12.3.